The van der Waals surface area contributed by atoms with Crippen LogP contribution in [0.1, 0.15) is 44.9 Å². The number of carbonyl (C=O) groups is 2. The molecule has 1 aliphatic carbocycles. The van der Waals surface area contributed by atoms with Crippen LogP contribution in [0.15, 0.2) is 0 Å². The number of rotatable bonds is 3. The van der Waals surface area contributed by atoms with Crippen molar-refractivity contribution in [3.63, 3.8) is 0 Å². The first-order chi connectivity index (χ1) is 10.2. The SMILES string of the molecule is O=C(CC(=O)N1CCC2(CC1)OCCO2)NC1CCCC1. The van der Waals surface area contributed by atoms with E-state index in [0.29, 0.717) is 39.1 Å². The molecule has 21 heavy (non-hydrogen) atoms. The lowest BCUT2D eigenvalue weighted by atomic mass is 10.0. The first-order valence-electron chi connectivity index (χ1n) is 8.02. The minimum Gasteiger partial charge on any atom is -0.353 e. The third-order valence-electron chi connectivity index (χ3n) is 4.72. The highest BCUT2D eigenvalue weighted by atomic mass is 16.7. The van der Waals surface area contributed by atoms with Gasteiger partial charge in [0.25, 0.3) is 0 Å². The fourth-order valence-electron chi connectivity index (χ4n) is 3.48. The Hall–Kier alpha value is -1.14. The van der Waals surface area contributed by atoms with Crippen LogP contribution in [0.25, 0.3) is 0 Å². The van der Waals surface area contributed by atoms with Crippen molar-refractivity contribution in [1.82, 2.24) is 10.2 Å². The third kappa shape index (κ3) is 3.55. The molecule has 6 nitrogen and oxygen atoms in total. The van der Waals surface area contributed by atoms with E-state index in [1.54, 1.807) is 4.90 Å². The van der Waals surface area contributed by atoms with Gasteiger partial charge in [-0.05, 0) is 12.8 Å². The monoisotopic (exact) mass is 296 g/mol. The maximum atomic E-state index is 12.2. The van der Waals surface area contributed by atoms with Crippen LogP contribution in [-0.2, 0) is 19.1 Å². The highest BCUT2D eigenvalue weighted by Crippen LogP contribution is 2.31. The van der Waals surface area contributed by atoms with E-state index in [0.717, 1.165) is 12.8 Å². The lowest BCUT2D eigenvalue weighted by Crippen LogP contribution is -2.48. The zero-order chi connectivity index (χ0) is 14.7. The van der Waals surface area contributed by atoms with E-state index in [1.807, 2.05) is 0 Å². The quantitative estimate of drug-likeness (QED) is 0.782. The minimum atomic E-state index is -0.469. The van der Waals surface area contributed by atoms with Crippen LogP contribution in [-0.4, -0.2) is 54.8 Å². The summed E-state index contributed by atoms with van der Waals surface area (Å²) in [4.78, 5) is 25.8. The van der Waals surface area contributed by atoms with Gasteiger partial charge in [-0.3, -0.25) is 9.59 Å². The fourth-order valence-corrected chi connectivity index (χ4v) is 3.48. The summed E-state index contributed by atoms with van der Waals surface area (Å²) in [7, 11) is 0. The van der Waals surface area contributed by atoms with Gasteiger partial charge in [0.15, 0.2) is 5.79 Å². The summed E-state index contributed by atoms with van der Waals surface area (Å²) in [6, 6.07) is 0.273. The summed E-state index contributed by atoms with van der Waals surface area (Å²) in [6.45, 7) is 2.49. The van der Waals surface area contributed by atoms with Crippen LogP contribution in [0.3, 0.4) is 0 Å². The number of hydrogen-bond acceptors (Lipinski definition) is 4. The Morgan fingerprint density at radius 1 is 1.10 bits per heavy atom. The van der Waals surface area contributed by atoms with E-state index in [-0.39, 0.29) is 24.3 Å². The van der Waals surface area contributed by atoms with E-state index in [9.17, 15) is 9.59 Å². The number of amides is 2. The highest BCUT2D eigenvalue weighted by Gasteiger charge is 2.40. The van der Waals surface area contributed by atoms with Gasteiger partial charge < -0.3 is 19.7 Å². The van der Waals surface area contributed by atoms with Crippen molar-refractivity contribution in [3.05, 3.63) is 0 Å². The molecule has 2 saturated heterocycles. The smallest absolute Gasteiger partial charge is 0.232 e. The van der Waals surface area contributed by atoms with E-state index < -0.39 is 5.79 Å². The Bertz CT molecular complexity index is 390. The molecule has 3 rings (SSSR count). The Morgan fingerprint density at radius 3 is 2.33 bits per heavy atom. The summed E-state index contributed by atoms with van der Waals surface area (Å²) in [6.07, 6.45) is 5.79. The number of hydrogen-bond donors (Lipinski definition) is 1. The number of ether oxygens (including phenoxy) is 2. The number of piperidine rings is 1. The molecule has 1 spiro atoms. The molecule has 3 aliphatic rings. The van der Waals surface area contributed by atoms with Crippen LogP contribution in [0.2, 0.25) is 0 Å². The summed E-state index contributed by atoms with van der Waals surface area (Å²) in [5.74, 6) is -0.693. The van der Waals surface area contributed by atoms with Gasteiger partial charge in [-0.2, -0.15) is 0 Å². The van der Waals surface area contributed by atoms with Gasteiger partial charge in [0.05, 0.1) is 13.2 Å². The van der Waals surface area contributed by atoms with Crippen LogP contribution >= 0.6 is 0 Å². The van der Waals surface area contributed by atoms with Gasteiger partial charge in [-0.1, -0.05) is 12.8 Å². The second kappa shape index (κ2) is 6.32. The average Bonchev–Trinajstić information content (AvgIpc) is 3.12. The second-order valence-electron chi connectivity index (χ2n) is 6.21. The normalized spacial score (nSPS) is 25.4. The molecule has 0 aromatic heterocycles. The Morgan fingerprint density at radius 2 is 1.71 bits per heavy atom. The van der Waals surface area contributed by atoms with Crippen molar-refractivity contribution in [3.8, 4) is 0 Å². The van der Waals surface area contributed by atoms with Crippen LogP contribution in [0, 0.1) is 0 Å². The summed E-state index contributed by atoms with van der Waals surface area (Å²) in [5.41, 5.74) is 0. The van der Waals surface area contributed by atoms with E-state index in [2.05, 4.69) is 5.32 Å². The summed E-state index contributed by atoms with van der Waals surface area (Å²) in [5, 5.41) is 2.96. The Balaban J connectivity index is 1.42. The average molecular weight is 296 g/mol. The molecule has 2 amide bonds. The maximum absolute atomic E-state index is 12.2. The van der Waals surface area contributed by atoms with Crippen molar-refractivity contribution in [2.24, 2.45) is 0 Å². The minimum absolute atomic E-state index is 0.0365. The fraction of sp³-hybridized carbons (Fsp3) is 0.867. The van der Waals surface area contributed by atoms with Gasteiger partial charge in [-0.25, -0.2) is 0 Å². The van der Waals surface area contributed by atoms with Crippen molar-refractivity contribution < 1.29 is 19.1 Å². The largest absolute Gasteiger partial charge is 0.353 e. The Kier molecular flexibility index (Phi) is 4.45. The predicted molar refractivity (Wildman–Crippen MR) is 75.5 cm³/mol. The molecule has 0 bridgehead atoms. The predicted octanol–water partition coefficient (Wildman–Crippen LogP) is 0.801. The molecule has 0 atom stereocenters. The van der Waals surface area contributed by atoms with Crippen LogP contribution in [0.4, 0.5) is 0 Å². The molecule has 6 heteroatoms. The molecule has 118 valence electrons. The topological polar surface area (TPSA) is 67.9 Å². The molecule has 0 aromatic rings. The first kappa shape index (κ1) is 14.8. The lowest BCUT2D eigenvalue weighted by Gasteiger charge is -2.37. The zero-order valence-electron chi connectivity index (χ0n) is 12.4. The van der Waals surface area contributed by atoms with Crippen molar-refractivity contribution >= 4 is 11.8 Å². The molecule has 1 N–H and O–H groups in total. The van der Waals surface area contributed by atoms with Gasteiger partial charge in [0, 0.05) is 32.0 Å². The molecule has 3 fully saturated rings. The van der Waals surface area contributed by atoms with Gasteiger partial charge in [-0.15, -0.1) is 0 Å². The van der Waals surface area contributed by atoms with Gasteiger partial charge in [0.1, 0.15) is 6.42 Å². The van der Waals surface area contributed by atoms with Crippen LogP contribution in [0.5, 0.6) is 0 Å². The van der Waals surface area contributed by atoms with E-state index in [4.69, 9.17) is 9.47 Å². The molecule has 0 radical (unpaired) electrons. The number of nitrogens with one attached hydrogen (secondary N) is 1. The lowest BCUT2D eigenvalue weighted by molar-refractivity contribution is -0.187. The van der Waals surface area contributed by atoms with Gasteiger partial charge in [0.2, 0.25) is 11.8 Å². The standard InChI is InChI=1S/C15H24N2O4/c18-13(16-12-3-1-2-4-12)11-14(19)17-7-5-15(6-8-17)20-9-10-21-15/h12H,1-11H2,(H,16,18). The Labute approximate surface area is 125 Å². The molecule has 1 saturated carbocycles. The van der Waals surface area contributed by atoms with E-state index in [1.165, 1.54) is 12.8 Å². The first-order valence-corrected chi connectivity index (χ1v) is 8.02. The van der Waals surface area contributed by atoms with Crippen molar-refractivity contribution in [2.45, 2.75) is 56.8 Å². The molecular formula is C15H24N2O4. The molecule has 2 aliphatic heterocycles. The molecule has 0 aromatic carbocycles. The number of carbonyl (C=O) groups excluding carboxylic acids is 2. The molecule has 2 heterocycles. The number of nitrogens with zero attached hydrogens (tertiary/aromatic N) is 1. The summed E-state index contributed by atoms with van der Waals surface area (Å²) >= 11 is 0. The van der Waals surface area contributed by atoms with E-state index >= 15 is 0 Å². The molecule has 0 unspecified atom stereocenters. The summed E-state index contributed by atoms with van der Waals surface area (Å²) < 4.78 is 11.3. The molecular weight excluding hydrogens is 272 g/mol. The van der Waals surface area contributed by atoms with Crippen molar-refractivity contribution in [1.29, 1.82) is 0 Å². The van der Waals surface area contributed by atoms with Crippen LogP contribution < -0.4 is 5.32 Å². The van der Waals surface area contributed by atoms with Gasteiger partial charge >= 0.3 is 0 Å². The zero-order valence-corrected chi connectivity index (χ0v) is 12.4. The number of likely N-dealkylation sites (tertiary alicyclic amines) is 1. The van der Waals surface area contributed by atoms with Crippen molar-refractivity contribution in [2.75, 3.05) is 26.3 Å². The highest BCUT2D eigenvalue weighted by molar-refractivity contribution is 5.97. The third-order valence-corrected chi connectivity index (χ3v) is 4.72. The second-order valence-corrected chi connectivity index (χ2v) is 6.21. The maximum Gasteiger partial charge on any atom is 0.232 e.